The molecule has 0 aliphatic heterocycles. The Morgan fingerprint density at radius 2 is 1.05 bits per heavy atom. The van der Waals surface area contributed by atoms with Crippen LogP contribution in [-0.2, 0) is 28.5 Å². The zero-order valence-electron chi connectivity index (χ0n) is 11.6. The molecule has 0 aromatic carbocycles. The average molecular weight is 334 g/mol. The van der Waals surface area contributed by atoms with Crippen molar-refractivity contribution in [1.82, 2.24) is 0 Å². The van der Waals surface area contributed by atoms with Crippen LogP contribution in [0.2, 0.25) is 0 Å². The molecule has 0 atom stereocenters. The van der Waals surface area contributed by atoms with E-state index in [4.69, 9.17) is 20.1 Å². The Morgan fingerprint density at radius 3 is 1.32 bits per heavy atom. The molecule has 0 unspecified atom stereocenters. The molecule has 0 saturated heterocycles. The summed E-state index contributed by atoms with van der Waals surface area (Å²) in [7, 11) is 1.00. The highest BCUT2D eigenvalue weighted by atomic mass is 16.6. The molecule has 0 amide bonds. The molecular weight excluding hydrogens is 300 g/mol. The topological polar surface area (TPSA) is 132 Å². The van der Waals surface area contributed by atoms with Crippen LogP contribution in [0, 0.1) is 0 Å². The Labute approximate surface area is 134 Å². The van der Waals surface area contributed by atoms with E-state index in [0.717, 1.165) is 7.11 Å². The zero-order valence-corrected chi connectivity index (χ0v) is 11.6. The van der Waals surface area contributed by atoms with Gasteiger partial charge in [-0.15, -0.1) is 0 Å². The van der Waals surface area contributed by atoms with E-state index >= 15 is 0 Å². The first-order valence-corrected chi connectivity index (χ1v) is 5.75. The summed E-state index contributed by atoms with van der Waals surface area (Å²) in [6.07, 6.45) is 0. The predicted molar refractivity (Wildman–Crippen MR) is 83.6 cm³/mol. The lowest BCUT2D eigenvalue weighted by Crippen LogP contribution is -2.08. The van der Waals surface area contributed by atoms with E-state index in [9.17, 15) is 9.59 Å². The van der Waals surface area contributed by atoms with Gasteiger partial charge < -0.3 is 34.3 Å². The lowest BCUT2D eigenvalue weighted by Gasteiger charge is -2.00. The number of carbonyl (C=O) groups is 2. The van der Waals surface area contributed by atoms with Crippen molar-refractivity contribution in [3.05, 3.63) is 0 Å². The van der Waals surface area contributed by atoms with Gasteiger partial charge in [-0.3, -0.25) is 9.59 Å². The van der Waals surface area contributed by atoms with Gasteiger partial charge in [0.05, 0.1) is 39.6 Å². The number of aliphatic hydroxyl groups is 3. The van der Waals surface area contributed by atoms with Crippen molar-refractivity contribution in [1.29, 1.82) is 0 Å². The summed E-state index contributed by atoms with van der Waals surface area (Å²) in [6, 6.07) is 0. The highest BCUT2D eigenvalue weighted by Gasteiger charge is 1.87. The smallest absolute Gasteiger partial charge is 0.293 e. The molecular formula is C13H34O9. The first-order chi connectivity index (χ1) is 9.83. The molecule has 140 valence electrons. The SMILES string of the molecule is C.C.CO.O=COCCOCCOC=O.OCCOCCO.[HH]. The van der Waals surface area contributed by atoms with Gasteiger partial charge in [-0.1, -0.05) is 14.9 Å². The van der Waals surface area contributed by atoms with E-state index in [1.165, 1.54) is 0 Å². The van der Waals surface area contributed by atoms with Crippen LogP contribution in [0.25, 0.3) is 0 Å². The van der Waals surface area contributed by atoms with Gasteiger partial charge in [0.15, 0.2) is 0 Å². The van der Waals surface area contributed by atoms with E-state index in [1.54, 1.807) is 0 Å². The quantitative estimate of drug-likeness (QED) is 0.318. The zero-order chi connectivity index (χ0) is 15.9. The van der Waals surface area contributed by atoms with E-state index in [0.29, 0.717) is 39.4 Å². The third-order valence-electron chi connectivity index (χ3n) is 1.30. The van der Waals surface area contributed by atoms with E-state index in [1.807, 2.05) is 0 Å². The molecule has 0 aliphatic rings. The summed E-state index contributed by atoms with van der Waals surface area (Å²) < 4.78 is 18.2. The maximum atomic E-state index is 9.59. The van der Waals surface area contributed by atoms with E-state index in [-0.39, 0.29) is 42.7 Å². The molecule has 0 spiro atoms. The lowest BCUT2D eigenvalue weighted by molar-refractivity contribution is -0.131. The molecule has 0 aliphatic carbocycles. The van der Waals surface area contributed by atoms with Gasteiger partial charge in [-0.2, -0.15) is 0 Å². The second-order valence-electron chi connectivity index (χ2n) is 2.61. The van der Waals surface area contributed by atoms with Crippen molar-refractivity contribution < 1.29 is 45.3 Å². The van der Waals surface area contributed by atoms with Gasteiger partial charge in [-0.05, 0) is 0 Å². The van der Waals surface area contributed by atoms with Crippen molar-refractivity contribution >= 4 is 12.9 Å². The largest absolute Gasteiger partial charge is 0.465 e. The summed E-state index contributed by atoms with van der Waals surface area (Å²) in [5, 5.41) is 23.2. The molecule has 3 N–H and O–H groups in total. The molecule has 0 fully saturated rings. The van der Waals surface area contributed by atoms with Crippen LogP contribution in [0.4, 0.5) is 0 Å². The minimum Gasteiger partial charge on any atom is -0.465 e. The van der Waals surface area contributed by atoms with E-state index in [2.05, 4.69) is 14.2 Å². The maximum absolute atomic E-state index is 9.59. The number of ether oxygens (including phenoxy) is 4. The average Bonchev–Trinajstić information content (AvgIpc) is 2.50. The van der Waals surface area contributed by atoms with Gasteiger partial charge in [0.25, 0.3) is 12.9 Å². The molecule has 0 radical (unpaired) electrons. The summed E-state index contributed by atoms with van der Waals surface area (Å²) in [5.74, 6) is 0. The van der Waals surface area contributed by atoms with Crippen LogP contribution < -0.4 is 0 Å². The number of aliphatic hydroxyl groups excluding tert-OH is 3. The third-order valence-corrected chi connectivity index (χ3v) is 1.30. The number of rotatable bonds is 12. The first-order valence-electron chi connectivity index (χ1n) is 5.75. The van der Waals surface area contributed by atoms with Gasteiger partial charge in [0.1, 0.15) is 13.2 Å². The summed E-state index contributed by atoms with van der Waals surface area (Å²) >= 11 is 0. The molecule has 0 saturated carbocycles. The third kappa shape index (κ3) is 51.1. The standard InChI is InChI=1S/C6H10O5.C4H10O3.CH4O.2CH4.H2/c7-5-10-3-1-9-2-4-11-6-8;5-1-3-7-4-2-6;1-2;;;/h5-6H,1-4H2;5-6H,1-4H2;2H,1H3;2*1H4;1H. The normalized spacial score (nSPS) is 7.64. The second-order valence-corrected chi connectivity index (χ2v) is 2.61. The fraction of sp³-hybridized carbons (Fsp3) is 0.846. The van der Waals surface area contributed by atoms with Crippen LogP contribution in [0.1, 0.15) is 16.3 Å². The van der Waals surface area contributed by atoms with Gasteiger partial charge in [0.2, 0.25) is 0 Å². The summed E-state index contributed by atoms with van der Waals surface area (Å²) in [6.45, 7) is 2.49. The number of hydrogen-bond acceptors (Lipinski definition) is 9. The minimum atomic E-state index is 0. The van der Waals surface area contributed by atoms with Crippen molar-refractivity contribution in [3.8, 4) is 0 Å². The number of hydrogen-bond donors (Lipinski definition) is 3. The van der Waals surface area contributed by atoms with Gasteiger partial charge in [0, 0.05) is 8.54 Å². The Kier molecular flexibility index (Phi) is 63.3. The van der Waals surface area contributed by atoms with Gasteiger partial charge >= 0.3 is 0 Å². The highest BCUT2D eigenvalue weighted by molar-refractivity contribution is 5.37. The molecule has 0 bridgehead atoms. The predicted octanol–water partition coefficient (Wildman–Crippen LogP) is -0.537. The maximum Gasteiger partial charge on any atom is 0.293 e. The van der Waals surface area contributed by atoms with Crippen molar-refractivity contribution in [3.63, 3.8) is 0 Å². The first kappa shape index (κ1) is 32.6. The van der Waals surface area contributed by atoms with Crippen LogP contribution in [0.5, 0.6) is 0 Å². The Hall–Kier alpha value is -1.26. The lowest BCUT2D eigenvalue weighted by atomic mass is 10.7. The monoisotopic (exact) mass is 334 g/mol. The van der Waals surface area contributed by atoms with Gasteiger partial charge in [-0.25, -0.2) is 0 Å². The van der Waals surface area contributed by atoms with Crippen LogP contribution in [0.3, 0.4) is 0 Å². The van der Waals surface area contributed by atoms with Crippen molar-refractivity contribution in [2.45, 2.75) is 14.9 Å². The van der Waals surface area contributed by atoms with Crippen LogP contribution in [0.15, 0.2) is 0 Å². The Bertz CT molecular complexity index is 158. The highest BCUT2D eigenvalue weighted by Crippen LogP contribution is 1.76. The molecule has 0 aromatic heterocycles. The van der Waals surface area contributed by atoms with E-state index < -0.39 is 0 Å². The van der Waals surface area contributed by atoms with Crippen molar-refractivity contribution in [2.24, 2.45) is 0 Å². The van der Waals surface area contributed by atoms with Crippen LogP contribution in [-0.4, -0.2) is 88.2 Å². The molecule has 9 nitrogen and oxygen atoms in total. The number of carbonyl (C=O) groups excluding carboxylic acids is 2. The summed E-state index contributed by atoms with van der Waals surface area (Å²) in [5.41, 5.74) is 0. The summed E-state index contributed by atoms with van der Waals surface area (Å²) in [4.78, 5) is 19.2. The second kappa shape index (κ2) is 42.7. The fourth-order valence-corrected chi connectivity index (χ4v) is 0.644. The minimum absolute atomic E-state index is 0. The molecule has 9 heteroatoms. The molecule has 0 heterocycles. The Morgan fingerprint density at radius 1 is 0.727 bits per heavy atom. The van der Waals surface area contributed by atoms with Crippen molar-refractivity contribution in [2.75, 3.05) is 60.0 Å². The molecule has 22 heavy (non-hydrogen) atoms. The molecule has 0 rings (SSSR count). The molecule has 0 aromatic rings. The Balaban J connectivity index is -0.0000000534. The van der Waals surface area contributed by atoms with Crippen LogP contribution >= 0.6 is 0 Å². The fourth-order valence-electron chi connectivity index (χ4n) is 0.644.